The first-order chi connectivity index (χ1) is 13.1. The molecule has 1 amide bonds. The average molecular weight is 455 g/mol. The first-order valence-corrected chi connectivity index (χ1v) is 10.8. The predicted octanol–water partition coefficient (Wildman–Crippen LogP) is 4.66. The van der Waals surface area contributed by atoms with Crippen LogP contribution in [0.5, 0.6) is 0 Å². The van der Waals surface area contributed by atoms with Crippen LogP contribution in [0, 0.1) is 5.92 Å². The van der Waals surface area contributed by atoms with Crippen LogP contribution in [0.4, 0.5) is 18.2 Å². The second kappa shape index (κ2) is 9.80. The van der Waals surface area contributed by atoms with E-state index in [2.05, 4.69) is 4.98 Å². The number of pyridine rings is 1. The largest absolute Gasteiger partial charge is 0.389 e. The highest BCUT2D eigenvalue weighted by Crippen LogP contribution is 2.38. The van der Waals surface area contributed by atoms with Crippen LogP contribution in [0.3, 0.4) is 0 Å². The van der Waals surface area contributed by atoms with Gasteiger partial charge < -0.3 is 4.90 Å². The lowest BCUT2D eigenvalue weighted by atomic mass is 10.2. The van der Waals surface area contributed by atoms with Gasteiger partial charge in [-0.15, -0.1) is 0 Å². The fourth-order valence-electron chi connectivity index (χ4n) is 2.36. The van der Waals surface area contributed by atoms with Gasteiger partial charge in [-0.2, -0.15) is 24.9 Å². The number of hydrogen-bond acceptors (Lipinski definition) is 5. The normalized spacial score (nSPS) is 12.8. The van der Waals surface area contributed by atoms with Gasteiger partial charge >= 0.3 is 6.18 Å². The SMILES string of the molecule is CCN(C(=O)C(C)CSCCC(F)(F)F)c1sc(-c2ccc[n+](O)c2)nc1Cl. The van der Waals surface area contributed by atoms with Gasteiger partial charge in [0.1, 0.15) is 10.0 Å². The minimum atomic E-state index is -4.19. The fraction of sp³-hybridized carbons (Fsp3) is 0.471. The Morgan fingerprint density at radius 2 is 2.21 bits per heavy atom. The van der Waals surface area contributed by atoms with E-state index in [1.54, 1.807) is 26.0 Å². The van der Waals surface area contributed by atoms with Crippen molar-refractivity contribution < 1.29 is 27.9 Å². The minimum absolute atomic E-state index is 0.0755. The van der Waals surface area contributed by atoms with Crippen molar-refractivity contribution in [1.29, 1.82) is 0 Å². The lowest BCUT2D eigenvalue weighted by Crippen LogP contribution is -2.35. The number of aromatic nitrogens is 2. The molecule has 0 bridgehead atoms. The van der Waals surface area contributed by atoms with E-state index < -0.39 is 18.5 Å². The van der Waals surface area contributed by atoms with Crippen molar-refractivity contribution in [3.05, 3.63) is 29.7 Å². The zero-order valence-electron chi connectivity index (χ0n) is 15.2. The number of nitrogens with zero attached hydrogens (tertiary/aromatic N) is 3. The van der Waals surface area contributed by atoms with Gasteiger partial charge in [0.25, 0.3) is 0 Å². The zero-order chi connectivity index (χ0) is 20.9. The molecule has 0 spiro atoms. The van der Waals surface area contributed by atoms with Crippen LogP contribution < -0.4 is 9.63 Å². The van der Waals surface area contributed by atoms with E-state index >= 15 is 0 Å². The van der Waals surface area contributed by atoms with E-state index in [4.69, 9.17) is 11.6 Å². The lowest BCUT2D eigenvalue weighted by molar-refractivity contribution is -0.904. The number of hydrogen-bond donors (Lipinski definition) is 1. The van der Waals surface area contributed by atoms with Crippen LogP contribution in [0.2, 0.25) is 5.15 Å². The standard InChI is InChI=1S/C17H20ClF3N3O2S2/c1-3-24(15(25)11(2)10-27-8-6-17(19,20)21)16-13(18)22-14(28-16)12-5-4-7-23(26)9-12/h4-5,7,9,11,26H,3,6,8,10H2,1-2H3/q+1. The van der Waals surface area contributed by atoms with Gasteiger partial charge in [0.2, 0.25) is 18.3 Å². The molecular formula is C17H20ClF3N3O2S2+. The molecule has 2 heterocycles. The fourth-order valence-corrected chi connectivity index (χ4v) is 4.77. The summed E-state index contributed by atoms with van der Waals surface area (Å²) in [5.74, 6) is -0.466. The molecule has 0 saturated heterocycles. The van der Waals surface area contributed by atoms with E-state index in [0.717, 1.165) is 16.5 Å². The van der Waals surface area contributed by atoms with Crippen LogP contribution in [0.1, 0.15) is 20.3 Å². The maximum atomic E-state index is 12.8. The number of amides is 1. The zero-order valence-corrected chi connectivity index (χ0v) is 17.6. The first-order valence-electron chi connectivity index (χ1n) is 8.45. The molecule has 0 aromatic carbocycles. The van der Waals surface area contributed by atoms with E-state index in [1.165, 1.54) is 28.6 Å². The monoisotopic (exact) mass is 454 g/mol. The Kier molecular flexibility index (Phi) is 7.97. The maximum absolute atomic E-state index is 12.8. The second-order valence-corrected chi connectivity index (χ2v) is 8.50. The summed E-state index contributed by atoms with van der Waals surface area (Å²) in [7, 11) is 0. The molecule has 5 nitrogen and oxygen atoms in total. The Hall–Kier alpha value is -1.52. The predicted molar refractivity (Wildman–Crippen MR) is 105 cm³/mol. The van der Waals surface area contributed by atoms with Crippen LogP contribution in [0.15, 0.2) is 24.5 Å². The molecule has 0 aliphatic carbocycles. The first kappa shape index (κ1) is 22.8. The molecule has 0 aliphatic heterocycles. The van der Waals surface area contributed by atoms with Crippen molar-refractivity contribution in [3.8, 4) is 10.6 Å². The lowest BCUT2D eigenvalue weighted by Gasteiger charge is -2.23. The topological polar surface area (TPSA) is 57.3 Å². The van der Waals surface area contributed by atoms with Crippen LogP contribution in [0.25, 0.3) is 10.6 Å². The summed E-state index contributed by atoms with van der Waals surface area (Å²) < 4.78 is 37.6. The summed E-state index contributed by atoms with van der Waals surface area (Å²) in [6.07, 6.45) is -2.13. The number of rotatable bonds is 8. The third-order valence-corrected chi connectivity index (χ3v) is 6.48. The average Bonchev–Trinajstić information content (AvgIpc) is 3.00. The quantitative estimate of drug-likeness (QED) is 0.358. The Bertz CT molecular complexity index is 817. The van der Waals surface area contributed by atoms with Crippen molar-refractivity contribution in [2.75, 3.05) is 23.0 Å². The molecule has 0 fully saturated rings. The molecule has 2 aromatic rings. The maximum Gasteiger partial charge on any atom is 0.389 e. The number of thioether (sulfide) groups is 1. The highest BCUT2D eigenvalue weighted by atomic mass is 35.5. The number of alkyl halides is 3. The summed E-state index contributed by atoms with van der Waals surface area (Å²) >= 11 is 8.56. The summed E-state index contributed by atoms with van der Waals surface area (Å²) in [5.41, 5.74) is 0.641. The van der Waals surface area contributed by atoms with Crippen molar-refractivity contribution in [2.45, 2.75) is 26.4 Å². The molecule has 2 rings (SSSR count). The molecule has 0 radical (unpaired) electrons. The molecule has 2 aromatic heterocycles. The van der Waals surface area contributed by atoms with E-state index in [0.29, 0.717) is 22.1 Å². The van der Waals surface area contributed by atoms with Gasteiger partial charge in [-0.25, -0.2) is 4.98 Å². The Morgan fingerprint density at radius 1 is 1.50 bits per heavy atom. The van der Waals surface area contributed by atoms with E-state index in [9.17, 15) is 23.2 Å². The highest BCUT2D eigenvalue weighted by Gasteiger charge is 2.28. The third-order valence-electron chi connectivity index (χ3n) is 3.75. The summed E-state index contributed by atoms with van der Waals surface area (Å²) in [4.78, 5) is 18.5. The highest BCUT2D eigenvalue weighted by molar-refractivity contribution is 7.99. The van der Waals surface area contributed by atoms with Crippen molar-refractivity contribution >= 4 is 45.6 Å². The molecule has 0 saturated carbocycles. The van der Waals surface area contributed by atoms with Crippen molar-refractivity contribution in [1.82, 2.24) is 4.98 Å². The van der Waals surface area contributed by atoms with Gasteiger partial charge in [-0.05, 0) is 13.0 Å². The number of anilines is 1. The Morgan fingerprint density at radius 3 is 2.82 bits per heavy atom. The van der Waals surface area contributed by atoms with Gasteiger partial charge in [0.05, 0.1) is 12.0 Å². The van der Waals surface area contributed by atoms with Crippen LogP contribution in [-0.4, -0.2) is 40.3 Å². The molecular weight excluding hydrogens is 435 g/mol. The van der Waals surface area contributed by atoms with Gasteiger partial charge in [0, 0.05) is 34.8 Å². The smallest absolute Gasteiger partial charge is 0.301 e. The summed E-state index contributed by atoms with van der Waals surface area (Å²) in [6, 6.07) is 3.40. The second-order valence-electron chi connectivity index (χ2n) is 6.01. The van der Waals surface area contributed by atoms with Crippen molar-refractivity contribution in [3.63, 3.8) is 0 Å². The molecule has 1 N–H and O–H groups in total. The van der Waals surface area contributed by atoms with Gasteiger partial charge in [-0.3, -0.25) is 10.0 Å². The summed E-state index contributed by atoms with van der Waals surface area (Å²) in [6.45, 7) is 3.83. The van der Waals surface area contributed by atoms with Gasteiger partial charge in [-0.1, -0.05) is 29.9 Å². The molecule has 154 valence electrons. The molecule has 11 heteroatoms. The molecule has 1 unspecified atom stereocenters. The van der Waals surface area contributed by atoms with Gasteiger partial charge in [0.15, 0.2) is 5.15 Å². The number of carbonyl (C=O) groups is 1. The number of halogens is 4. The third kappa shape index (κ3) is 6.25. The molecule has 28 heavy (non-hydrogen) atoms. The van der Waals surface area contributed by atoms with E-state index in [1.807, 2.05) is 0 Å². The Balaban J connectivity index is 2.08. The van der Waals surface area contributed by atoms with E-state index in [-0.39, 0.29) is 22.6 Å². The summed E-state index contributed by atoms with van der Waals surface area (Å²) in [5, 5.41) is 10.7. The molecule has 0 aliphatic rings. The van der Waals surface area contributed by atoms with Crippen LogP contribution >= 0.6 is 34.7 Å². The molecule has 1 atom stereocenters. The minimum Gasteiger partial charge on any atom is -0.301 e. The number of thiazole rings is 1. The van der Waals surface area contributed by atoms with Crippen LogP contribution in [-0.2, 0) is 4.79 Å². The Labute approximate surface area is 174 Å². The van der Waals surface area contributed by atoms with Crippen molar-refractivity contribution in [2.24, 2.45) is 5.92 Å². The number of carbonyl (C=O) groups excluding carboxylic acids is 1.